The van der Waals surface area contributed by atoms with Gasteiger partial charge in [0, 0.05) is 19.2 Å². The molecule has 0 atom stereocenters. The van der Waals surface area contributed by atoms with Gasteiger partial charge in [-0.15, -0.1) is 0 Å². The molecule has 28 heavy (non-hydrogen) atoms. The average Bonchev–Trinajstić information content (AvgIpc) is 2.61. The molecule has 0 aromatic carbocycles. The summed E-state index contributed by atoms with van der Waals surface area (Å²) in [5.41, 5.74) is 0. The van der Waals surface area contributed by atoms with Crippen molar-refractivity contribution in [2.24, 2.45) is 0 Å². The maximum atomic E-state index is 11.8. The Hall–Kier alpha value is -2.26. The molecule has 0 unspecified atom stereocenters. The molecular formula is C15H21IN2O10. The Kier molecular flexibility index (Phi) is 13.6. The van der Waals surface area contributed by atoms with Crippen LogP contribution < -0.4 is 0 Å². The van der Waals surface area contributed by atoms with Crippen LogP contribution in [0.4, 0.5) is 0 Å². The lowest BCUT2D eigenvalue weighted by Crippen LogP contribution is -2.43. The first-order valence-electron chi connectivity index (χ1n) is 7.82. The van der Waals surface area contributed by atoms with Crippen LogP contribution in [-0.4, -0.2) is 102 Å². The number of nitrogens with zero attached hydrogens (tertiary/aromatic N) is 2. The molecule has 0 saturated carbocycles. The fourth-order valence-electron chi connectivity index (χ4n) is 1.89. The number of carboxylic acids is 2. The largest absolute Gasteiger partial charge is 0.480 e. The van der Waals surface area contributed by atoms with Crippen LogP contribution in [0.15, 0.2) is 12.7 Å². The molecule has 0 bridgehead atoms. The van der Waals surface area contributed by atoms with E-state index < -0.39 is 42.9 Å². The summed E-state index contributed by atoms with van der Waals surface area (Å²) in [5.74, 6) is -4.48. The van der Waals surface area contributed by atoms with Gasteiger partial charge in [0.15, 0.2) is 23.0 Å². The van der Waals surface area contributed by atoms with Crippen molar-refractivity contribution in [3.05, 3.63) is 12.7 Å². The van der Waals surface area contributed by atoms with Crippen molar-refractivity contribution in [2.75, 3.05) is 52.5 Å². The first-order chi connectivity index (χ1) is 13.2. The minimum Gasteiger partial charge on any atom is -0.480 e. The molecule has 2 N–H and O–H groups in total. The number of aliphatic carboxylic acids is 2. The standard InChI is InChI=1S/C15H21IN2O10/c1-2-13(23)26-5-6-27-14(24)9-17(7-11(19)20)3-4-18(8-12(21)22)10-15(25)28-16/h2H,1,3-10H2,(H,19,20)(H,21,22). The zero-order valence-electron chi connectivity index (χ0n) is 14.9. The number of carboxylic acid groups (broad SMARTS) is 2. The highest BCUT2D eigenvalue weighted by Gasteiger charge is 2.19. The Morgan fingerprint density at radius 1 is 0.821 bits per heavy atom. The van der Waals surface area contributed by atoms with E-state index in [0.29, 0.717) is 0 Å². The highest BCUT2D eigenvalue weighted by Crippen LogP contribution is 1.98. The molecule has 158 valence electrons. The molecule has 0 spiro atoms. The Balaban J connectivity index is 4.60. The molecule has 0 saturated heterocycles. The number of rotatable bonds is 15. The number of esters is 2. The molecule has 0 aromatic rings. The van der Waals surface area contributed by atoms with Gasteiger partial charge in [0.2, 0.25) is 0 Å². The molecular weight excluding hydrogens is 495 g/mol. The maximum absolute atomic E-state index is 11.8. The van der Waals surface area contributed by atoms with Crippen molar-refractivity contribution in [1.29, 1.82) is 0 Å². The third kappa shape index (κ3) is 13.9. The topological polar surface area (TPSA) is 160 Å². The van der Waals surface area contributed by atoms with E-state index in [9.17, 15) is 24.0 Å². The highest BCUT2D eigenvalue weighted by atomic mass is 127. The SMILES string of the molecule is C=CC(=O)OCCOC(=O)CN(CCN(CC(=O)O)CC(=O)OI)CC(=O)O. The lowest BCUT2D eigenvalue weighted by molar-refractivity contribution is -0.151. The van der Waals surface area contributed by atoms with Crippen LogP contribution in [0, 0.1) is 0 Å². The van der Waals surface area contributed by atoms with Gasteiger partial charge in [0.25, 0.3) is 0 Å². The van der Waals surface area contributed by atoms with Crippen molar-refractivity contribution in [2.45, 2.75) is 0 Å². The number of hydrogen-bond donors (Lipinski definition) is 2. The van der Waals surface area contributed by atoms with Gasteiger partial charge < -0.3 is 22.8 Å². The van der Waals surface area contributed by atoms with Crippen LogP contribution in [-0.2, 0) is 36.5 Å². The Bertz CT molecular complexity index is 583. The quantitative estimate of drug-likeness (QED) is 0.118. The van der Waals surface area contributed by atoms with Gasteiger partial charge in [-0.1, -0.05) is 6.58 Å². The number of carbonyl (C=O) groups is 5. The third-order valence-electron chi connectivity index (χ3n) is 3.00. The second-order valence-corrected chi connectivity index (χ2v) is 5.69. The normalized spacial score (nSPS) is 10.4. The smallest absolute Gasteiger partial charge is 0.330 e. The van der Waals surface area contributed by atoms with Crippen molar-refractivity contribution in [1.82, 2.24) is 9.80 Å². The van der Waals surface area contributed by atoms with E-state index in [2.05, 4.69) is 14.4 Å². The second kappa shape index (κ2) is 14.8. The van der Waals surface area contributed by atoms with Crippen LogP contribution in [0.1, 0.15) is 0 Å². The van der Waals surface area contributed by atoms with Gasteiger partial charge in [-0.05, 0) is 0 Å². The number of halogens is 1. The molecule has 0 aliphatic rings. The lowest BCUT2D eigenvalue weighted by Gasteiger charge is -2.24. The number of hydrogen-bond acceptors (Lipinski definition) is 10. The van der Waals surface area contributed by atoms with Crippen LogP contribution in [0.5, 0.6) is 0 Å². The summed E-state index contributed by atoms with van der Waals surface area (Å²) >= 11 is 1.37. The fraction of sp³-hybridized carbons (Fsp3) is 0.533. The van der Waals surface area contributed by atoms with Crippen LogP contribution in [0.2, 0.25) is 0 Å². The van der Waals surface area contributed by atoms with Gasteiger partial charge >= 0.3 is 29.8 Å². The first-order valence-corrected chi connectivity index (χ1v) is 8.70. The molecule has 0 aromatic heterocycles. The van der Waals surface area contributed by atoms with Gasteiger partial charge in [-0.3, -0.25) is 24.2 Å². The van der Waals surface area contributed by atoms with E-state index in [0.717, 1.165) is 6.08 Å². The summed E-state index contributed by atoms with van der Waals surface area (Å²) in [6.07, 6.45) is 0.952. The molecule has 0 amide bonds. The van der Waals surface area contributed by atoms with E-state index in [1.807, 2.05) is 0 Å². The van der Waals surface area contributed by atoms with Crippen molar-refractivity contribution >= 4 is 52.9 Å². The molecule has 0 radical (unpaired) electrons. The minimum absolute atomic E-state index is 0.00442. The molecule has 0 rings (SSSR count). The summed E-state index contributed by atoms with van der Waals surface area (Å²) in [5, 5.41) is 17.8. The van der Waals surface area contributed by atoms with Crippen LogP contribution >= 0.6 is 23.0 Å². The van der Waals surface area contributed by atoms with Gasteiger partial charge in [0.1, 0.15) is 13.2 Å². The molecule has 12 nitrogen and oxygen atoms in total. The molecule has 0 heterocycles. The second-order valence-electron chi connectivity index (χ2n) is 5.25. The van der Waals surface area contributed by atoms with E-state index in [-0.39, 0.29) is 39.4 Å². The van der Waals surface area contributed by atoms with Crippen molar-refractivity contribution in [3.8, 4) is 0 Å². The Labute approximate surface area is 174 Å². The van der Waals surface area contributed by atoms with Crippen molar-refractivity contribution < 1.29 is 46.7 Å². The van der Waals surface area contributed by atoms with Gasteiger partial charge in [0.05, 0.1) is 26.2 Å². The third-order valence-corrected chi connectivity index (χ3v) is 3.49. The molecule has 13 heteroatoms. The Morgan fingerprint density at radius 2 is 1.29 bits per heavy atom. The zero-order valence-corrected chi connectivity index (χ0v) is 17.0. The van der Waals surface area contributed by atoms with E-state index in [1.165, 1.54) is 32.8 Å². The summed E-state index contributed by atoms with van der Waals surface area (Å²) in [4.78, 5) is 58.3. The summed E-state index contributed by atoms with van der Waals surface area (Å²) in [6, 6.07) is 0. The fourth-order valence-corrected chi connectivity index (χ4v) is 2.02. The number of ether oxygens (including phenoxy) is 2. The van der Waals surface area contributed by atoms with E-state index in [1.54, 1.807) is 0 Å². The van der Waals surface area contributed by atoms with Crippen LogP contribution in [0.25, 0.3) is 0 Å². The first kappa shape index (κ1) is 25.7. The maximum Gasteiger partial charge on any atom is 0.330 e. The van der Waals surface area contributed by atoms with Gasteiger partial charge in [-0.25, -0.2) is 9.59 Å². The summed E-state index contributed by atoms with van der Waals surface area (Å²) < 4.78 is 13.9. The Morgan fingerprint density at radius 3 is 1.71 bits per heavy atom. The summed E-state index contributed by atoms with van der Waals surface area (Å²) in [6.45, 7) is 1.11. The van der Waals surface area contributed by atoms with Gasteiger partial charge in [-0.2, -0.15) is 0 Å². The molecule has 0 aliphatic carbocycles. The van der Waals surface area contributed by atoms with E-state index >= 15 is 0 Å². The van der Waals surface area contributed by atoms with Crippen LogP contribution in [0.3, 0.4) is 0 Å². The number of carbonyl (C=O) groups excluding carboxylic acids is 3. The monoisotopic (exact) mass is 516 g/mol. The highest BCUT2D eigenvalue weighted by molar-refractivity contribution is 14.1. The lowest BCUT2D eigenvalue weighted by atomic mass is 10.4. The molecule has 0 fully saturated rings. The molecule has 0 aliphatic heterocycles. The average molecular weight is 516 g/mol. The van der Waals surface area contributed by atoms with E-state index in [4.69, 9.17) is 14.9 Å². The predicted molar refractivity (Wildman–Crippen MR) is 100 cm³/mol. The van der Waals surface area contributed by atoms with Crippen molar-refractivity contribution in [3.63, 3.8) is 0 Å². The predicted octanol–water partition coefficient (Wildman–Crippen LogP) is -1.07. The minimum atomic E-state index is -1.20. The zero-order chi connectivity index (χ0) is 21.5. The summed E-state index contributed by atoms with van der Waals surface area (Å²) in [7, 11) is 0.